The van der Waals surface area contributed by atoms with Gasteiger partial charge in [0.2, 0.25) is 0 Å². The molecule has 0 spiro atoms. The molecule has 0 saturated heterocycles. The van der Waals surface area contributed by atoms with Gasteiger partial charge in [0.15, 0.2) is 0 Å². The predicted molar refractivity (Wildman–Crippen MR) is 71.1 cm³/mol. The Morgan fingerprint density at radius 1 is 1.18 bits per heavy atom. The van der Waals surface area contributed by atoms with Crippen LogP contribution >= 0.6 is 28.3 Å². The van der Waals surface area contributed by atoms with Crippen LogP contribution in [0, 0.1) is 11.6 Å². The van der Waals surface area contributed by atoms with Gasteiger partial charge in [-0.3, -0.25) is 0 Å². The highest BCUT2D eigenvalue weighted by molar-refractivity contribution is 9.10. The van der Waals surface area contributed by atoms with Crippen molar-refractivity contribution in [1.29, 1.82) is 0 Å². The average molecular weight is 330 g/mol. The van der Waals surface area contributed by atoms with Crippen molar-refractivity contribution in [2.75, 3.05) is 6.54 Å². The molecule has 0 aliphatic carbocycles. The van der Waals surface area contributed by atoms with Gasteiger partial charge in [-0.1, -0.05) is 22.4 Å². The number of hydrogen-bond donors (Lipinski definition) is 2. The lowest BCUT2D eigenvalue weighted by atomic mass is 10.0. The first-order valence-corrected chi connectivity index (χ1v) is 5.95. The van der Waals surface area contributed by atoms with Gasteiger partial charge in [0.05, 0.1) is 0 Å². The van der Waals surface area contributed by atoms with Crippen molar-refractivity contribution in [1.82, 2.24) is 0 Å². The van der Waals surface area contributed by atoms with Crippen LogP contribution in [0.4, 0.5) is 8.78 Å². The molecule has 0 radical (unpaired) electrons. The predicted octanol–water partition coefficient (Wildman–Crippen LogP) is 3.28. The van der Waals surface area contributed by atoms with Crippen LogP contribution in [-0.2, 0) is 0 Å². The highest BCUT2D eigenvalue weighted by atomic mass is 79.9. The normalized spacial score (nSPS) is 12.1. The summed E-state index contributed by atoms with van der Waals surface area (Å²) in [5, 5.41) is 0. The van der Waals surface area contributed by atoms with Gasteiger partial charge in [0, 0.05) is 16.1 Å². The zero-order chi connectivity index (χ0) is 12.1. The average Bonchev–Trinajstić information content (AvgIpc) is 2.16. The Morgan fingerprint density at radius 2 is 1.71 bits per heavy atom. The molecule has 6 heteroatoms. The second kappa shape index (κ2) is 7.97. The molecule has 1 aromatic carbocycles. The van der Waals surface area contributed by atoms with Crippen molar-refractivity contribution < 1.29 is 8.78 Å². The molecule has 0 aliphatic rings. The number of halogens is 4. The molecule has 0 aromatic heterocycles. The lowest BCUT2D eigenvalue weighted by Gasteiger charge is -2.14. The van der Waals surface area contributed by atoms with E-state index in [1.807, 2.05) is 0 Å². The van der Waals surface area contributed by atoms with E-state index in [1.54, 1.807) is 0 Å². The van der Waals surface area contributed by atoms with Gasteiger partial charge in [-0.2, -0.15) is 0 Å². The number of rotatable bonds is 5. The molecule has 1 atom stereocenters. The zero-order valence-electron chi connectivity index (χ0n) is 9.26. The molecule has 4 N–H and O–H groups in total. The maximum absolute atomic E-state index is 13.5. The molecule has 17 heavy (non-hydrogen) atoms. The second-order valence-corrected chi connectivity index (χ2v) is 4.59. The minimum atomic E-state index is -0.611. The van der Waals surface area contributed by atoms with Crippen molar-refractivity contribution in [3.8, 4) is 0 Å². The summed E-state index contributed by atoms with van der Waals surface area (Å²) in [6.07, 6.45) is 2.12. The minimum absolute atomic E-state index is 0. The smallest absolute Gasteiger partial charge is 0.132 e. The minimum Gasteiger partial charge on any atom is -0.330 e. The first-order chi connectivity index (χ1) is 7.56. The van der Waals surface area contributed by atoms with Gasteiger partial charge in [0.25, 0.3) is 0 Å². The third kappa shape index (κ3) is 4.87. The summed E-state index contributed by atoms with van der Waals surface area (Å²) in [4.78, 5) is 0. The third-order valence-electron chi connectivity index (χ3n) is 2.38. The maximum Gasteiger partial charge on any atom is 0.132 e. The molecular formula is C11H16BrClF2N2. The van der Waals surface area contributed by atoms with Gasteiger partial charge >= 0.3 is 0 Å². The quantitative estimate of drug-likeness (QED) is 0.815. The Bertz CT molecular complexity index is 340. The molecule has 0 unspecified atom stereocenters. The zero-order valence-corrected chi connectivity index (χ0v) is 11.7. The second-order valence-electron chi connectivity index (χ2n) is 3.67. The highest BCUT2D eigenvalue weighted by Gasteiger charge is 2.17. The molecule has 1 aromatic rings. The summed E-state index contributed by atoms with van der Waals surface area (Å²) < 4.78 is 27.4. The van der Waals surface area contributed by atoms with E-state index < -0.39 is 17.7 Å². The summed E-state index contributed by atoms with van der Waals surface area (Å²) in [6.45, 7) is 0.567. The van der Waals surface area contributed by atoms with Crippen LogP contribution in [0.1, 0.15) is 30.9 Å². The molecule has 0 fully saturated rings. The van der Waals surface area contributed by atoms with Crippen molar-refractivity contribution in [3.05, 3.63) is 33.8 Å². The fourth-order valence-electron chi connectivity index (χ4n) is 1.56. The van der Waals surface area contributed by atoms with Gasteiger partial charge in [0.1, 0.15) is 11.6 Å². The summed E-state index contributed by atoms with van der Waals surface area (Å²) in [7, 11) is 0. The van der Waals surface area contributed by atoms with Crippen LogP contribution in [0.5, 0.6) is 0 Å². The van der Waals surface area contributed by atoms with Crippen molar-refractivity contribution in [3.63, 3.8) is 0 Å². The fourth-order valence-corrected chi connectivity index (χ4v) is 1.96. The van der Waals surface area contributed by atoms with E-state index in [2.05, 4.69) is 15.9 Å². The summed E-state index contributed by atoms with van der Waals surface area (Å²) >= 11 is 3.02. The molecule has 0 aliphatic heterocycles. The number of benzene rings is 1. The standard InChI is InChI=1S/C11H15BrF2N2.ClH/c12-7-5-8(13)11(9(14)6-7)10(16)3-1-2-4-15;/h5-6,10H,1-4,15-16H2;1H/t10-;/m0./s1. The highest BCUT2D eigenvalue weighted by Crippen LogP contribution is 2.26. The van der Waals surface area contributed by atoms with Crippen molar-refractivity contribution >= 4 is 28.3 Å². The molecule has 0 saturated carbocycles. The number of hydrogen-bond acceptors (Lipinski definition) is 2. The van der Waals surface area contributed by atoms with Crippen molar-refractivity contribution in [2.24, 2.45) is 11.5 Å². The lowest BCUT2D eigenvalue weighted by Crippen LogP contribution is -2.15. The Kier molecular flexibility index (Phi) is 7.87. The Hall–Kier alpha value is -0.230. The van der Waals surface area contributed by atoms with Gasteiger partial charge in [-0.15, -0.1) is 12.4 Å². The van der Waals surface area contributed by atoms with Crippen LogP contribution in [0.2, 0.25) is 0 Å². The monoisotopic (exact) mass is 328 g/mol. The molecule has 1 rings (SSSR count). The van der Waals surface area contributed by atoms with E-state index in [4.69, 9.17) is 11.5 Å². The molecular weight excluding hydrogens is 313 g/mol. The Balaban J connectivity index is 0.00000256. The van der Waals surface area contributed by atoms with Crippen LogP contribution in [0.15, 0.2) is 16.6 Å². The van der Waals surface area contributed by atoms with Crippen LogP contribution < -0.4 is 11.5 Å². The Labute approximate surface area is 114 Å². The summed E-state index contributed by atoms with van der Waals surface area (Å²) in [5.41, 5.74) is 11.0. The van der Waals surface area contributed by atoms with Gasteiger partial charge in [-0.25, -0.2) is 8.78 Å². The largest absolute Gasteiger partial charge is 0.330 e. The van der Waals surface area contributed by atoms with Gasteiger partial charge < -0.3 is 11.5 Å². The van der Waals surface area contributed by atoms with E-state index in [0.29, 0.717) is 17.4 Å². The summed E-state index contributed by atoms with van der Waals surface area (Å²) in [5.74, 6) is -1.21. The summed E-state index contributed by atoms with van der Waals surface area (Å²) in [6, 6.07) is 1.84. The molecule has 0 heterocycles. The Morgan fingerprint density at radius 3 is 2.18 bits per heavy atom. The van der Waals surface area contributed by atoms with E-state index in [9.17, 15) is 8.78 Å². The van der Waals surface area contributed by atoms with Gasteiger partial charge in [-0.05, 0) is 31.5 Å². The molecule has 2 nitrogen and oxygen atoms in total. The van der Waals surface area contributed by atoms with E-state index in [-0.39, 0.29) is 18.0 Å². The molecule has 98 valence electrons. The van der Waals surface area contributed by atoms with Crippen LogP contribution in [0.3, 0.4) is 0 Å². The molecule has 0 amide bonds. The first kappa shape index (κ1) is 16.8. The number of unbranched alkanes of at least 4 members (excludes halogenated alkanes) is 1. The molecule has 0 bridgehead atoms. The van der Waals surface area contributed by atoms with E-state index in [0.717, 1.165) is 12.8 Å². The maximum atomic E-state index is 13.5. The lowest BCUT2D eigenvalue weighted by molar-refractivity contribution is 0.499. The van der Waals surface area contributed by atoms with Crippen molar-refractivity contribution in [2.45, 2.75) is 25.3 Å². The topological polar surface area (TPSA) is 52.0 Å². The fraction of sp³-hybridized carbons (Fsp3) is 0.455. The van der Waals surface area contributed by atoms with Crippen LogP contribution in [-0.4, -0.2) is 6.54 Å². The van der Waals surface area contributed by atoms with E-state index in [1.165, 1.54) is 12.1 Å². The van der Waals surface area contributed by atoms with Crippen LogP contribution in [0.25, 0.3) is 0 Å². The van der Waals surface area contributed by atoms with E-state index >= 15 is 0 Å². The SMILES string of the molecule is Cl.NCCCC[C@H](N)c1c(F)cc(Br)cc1F. The first-order valence-electron chi connectivity index (χ1n) is 5.16. The third-order valence-corrected chi connectivity index (χ3v) is 2.84. The number of nitrogens with two attached hydrogens (primary N) is 2.